The number of thiazole rings is 1. The number of rotatable bonds is 4. The number of aryl methyl sites for hydroxylation is 1. The first kappa shape index (κ1) is 15.7. The standard InChI is InChI=1S/C15H16N2O2S2/c1-10-9-20-15(16-10)11(2)17-14(19)13-7-6-12(21-13)5-3-4-8-18/h6-7,9,11,18H,4,8H2,1-2H3,(H,17,19). The maximum Gasteiger partial charge on any atom is 0.261 e. The molecule has 1 atom stereocenters. The predicted molar refractivity (Wildman–Crippen MR) is 85.6 cm³/mol. The fourth-order valence-corrected chi connectivity index (χ4v) is 3.22. The number of aliphatic hydroxyl groups excluding tert-OH is 1. The third-order valence-corrected chi connectivity index (χ3v) is 4.78. The summed E-state index contributed by atoms with van der Waals surface area (Å²) in [7, 11) is 0. The predicted octanol–water partition coefficient (Wildman–Crippen LogP) is 2.74. The Hall–Kier alpha value is -1.68. The quantitative estimate of drug-likeness (QED) is 0.852. The van der Waals surface area contributed by atoms with Gasteiger partial charge in [-0.15, -0.1) is 22.7 Å². The molecular formula is C15H16N2O2S2. The average Bonchev–Trinajstić information content (AvgIpc) is 3.08. The summed E-state index contributed by atoms with van der Waals surface area (Å²) in [4.78, 5) is 18.0. The van der Waals surface area contributed by atoms with Crippen molar-refractivity contribution >= 4 is 28.6 Å². The van der Waals surface area contributed by atoms with Crippen molar-refractivity contribution in [2.45, 2.75) is 26.3 Å². The summed E-state index contributed by atoms with van der Waals surface area (Å²) in [6.45, 7) is 3.91. The monoisotopic (exact) mass is 320 g/mol. The van der Waals surface area contributed by atoms with Gasteiger partial charge in [0, 0.05) is 17.5 Å². The highest BCUT2D eigenvalue weighted by molar-refractivity contribution is 7.14. The molecule has 0 aliphatic heterocycles. The highest BCUT2D eigenvalue weighted by atomic mass is 32.1. The molecule has 21 heavy (non-hydrogen) atoms. The van der Waals surface area contributed by atoms with Gasteiger partial charge < -0.3 is 10.4 Å². The van der Waals surface area contributed by atoms with E-state index in [-0.39, 0.29) is 18.6 Å². The van der Waals surface area contributed by atoms with Crippen molar-refractivity contribution < 1.29 is 9.90 Å². The summed E-state index contributed by atoms with van der Waals surface area (Å²) in [6, 6.07) is 3.48. The Balaban J connectivity index is 1.99. The molecule has 2 rings (SSSR count). The van der Waals surface area contributed by atoms with Gasteiger partial charge >= 0.3 is 0 Å². The van der Waals surface area contributed by atoms with Gasteiger partial charge in [-0.1, -0.05) is 11.8 Å². The van der Waals surface area contributed by atoms with Gasteiger partial charge in [0.25, 0.3) is 5.91 Å². The first-order chi connectivity index (χ1) is 10.1. The van der Waals surface area contributed by atoms with Crippen LogP contribution in [-0.2, 0) is 0 Å². The maximum absolute atomic E-state index is 12.2. The van der Waals surface area contributed by atoms with Crippen LogP contribution in [0.3, 0.4) is 0 Å². The van der Waals surface area contributed by atoms with Crippen LogP contribution in [0.4, 0.5) is 0 Å². The second-order valence-electron chi connectivity index (χ2n) is 4.46. The normalized spacial score (nSPS) is 11.6. The molecule has 4 nitrogen and oxygen atoms in total. The van der Waals surface area contributed by atoms with Crippen LogP contribution in [0.5, 0.6) is 0 Å². The number of nitrogens with one attached hydrogen (secondary N) is 1. The smallest absolute Gasteiger partial charge is 0.261 e. The second-order valence-corrected chi connectivity index (χ2v) is 6.44. The third kappa shape index (κ3) is 4.39. The van der Waals surface area contributed by atoms with Gasteiger partial charge in [-0.05, 0) is 26.0 Å². The lowest BCUT2D eigenvalue weighted by Gasteiger charge is -2.09. The molecule has 0 aromatic carbocycles. The van der Waals surface area contributed by atoms with Crippen LogP contribution in [-0.4, -0.2) is 22.6 Å². The largest absolute Gasteiger partial charge is 0.395 e. The van der Waals surface area contributed by atoms with Crippen molar-refractivity contribution in [3.05, 3.63) is 38.0 Å². The van der Waals surface area contributed by atoms with Gasteiger partial charge in [0.15, 0.2) is 0 Å². The molecule has 0 aliphatic carbocycles. The van der Waals surface area contributed by atoms with Crippen LogP contribution in [0.15, 0.2) is 17.5 Å². The minimum Gasteiger partial charge on any atom is -0.395 e. The van der Waals surface area contributed by atoms with Crippen LogP contribution in [0.2, 0.25) is 0 Å². The molecule has 2 N–H and O–H groups in total. The molecule has 110 valence electrons. The molecule has 1 amide bonds. The van der Waals surface area contributed by atoms with Crippen molar-refractivity contribution in [1.29, 1.82) is 0 Å². The zero-order chi connectivity index (χ0) is 15.2. The van der Waals surface area contributed by atoms with Crippen LogP contribution in [0.1, 0.15) is 44.6 Å². The summed E-state index contributed by atoms with van der Waals surface area (Å²) in [5.74, 6) is 5.66. The highest BCUT2D eigenvalue weighted by Gasteiger charge is 2.15. The van der Waals surface area contributed by atoms with Gasteiger partial charge in [0.05, 0.1) is 22.4 Å². The van der Waals surface area contributed by atoms with Gasteiger partial charge in [0.1, 0.15) is 5.01 Å². The molecule has 0 aliphatic rings. The number of hydrogen-bond acceptors (Lipinski definition) is 5. The summed E-state index contributed by atoms with van der Waals surface area (Å²) in [6.07, 6.45) is 0.444. The van der Waals surface area contributed by atoms with E-state index >= 15 is 0 Å². The molecule has 0 saturated heterocycles. The molecule has 2 aromatic rings. The Morgan fingerprint density at radius 2 is 2.33 bits per heavy atom. The lowest BCUT2D eigenvalue weighted by molar-refractivity contribution is 0.0944. The Morgan fingerprint density at radius 1 is 1.52 bits per heavy atom. The van der Waals surface area contributed by atoms with E-state index in [4.69, 9.17) is 5.11 Å². The number of aromatic nitrogens is 1. The molecule has 2 heterocycles. The van der Waals surface area contributed by atoms with Gasteiger partial charge in [-0.25, -0.2) is 4.98 Å². The van der Waals surface area contributed by atoms with E-state index in [0.717, 1.165) is 15.6 Å². The molecule has 0 saturated carbocycles. The lowest BCUT2D eigenvalue weighted by atomic mass is 10.3. The molecular weight excluding hydrogens is 304 g/mol. The van der Waals surface area contributed by atoms with Gasteiger partial charge in [-0.3, -0.25) is 4.79 Å². The average molecular weight is 320 g/mol. The minimum atomic E-state index is -0.115. The summed E-state index contributed by atoms with van der Waals surface area (Å²) in [5, 5.41) is 14.5. The molecule has 6 heteroatoms. The molecule has 0 spiro atoms. The number of amides is 1. The zero-order valence-electron chi connectivity index (χ0n) is 11.8. The molecule has 2 aromatic heterocycles. The second kappa shape index (κ2) is 7.36. The number of carbonyl (C=O) groups is 1. The molecule has 0 bridgehead atoms. The maximum atomic E-state index is 12.2. The fourth-order valence-electron chi connectivity index (χ4n) is 1.63. The van der Waals surface area contributed by atoms with E-state index in [2.05, 4.69) is 22.1 Å². The van der Waals surface area contributed by atoms with E-state index < -0.39 is 0 Å². The first-order valence-electron chi connectivity index (χ1n) is 6.52. The van der Waals surface area contributed by atoms with Crippen molar-refractivity contribution in [2.24, 2.45) is 0 Å². The fraction of sp³-hybridized carbons (Fsp3) is 0.333. The topological polar surface area (TPSA) is 62.2 Å². The zero-order valence-corrected chi connectivity index (χ0v) is 13.5. The minimum absolute atomic E-state index is 0.0520. The van der Waals surface area contributed by atoms with Gasteiger partial charge in [0.2, 0.25) is 0 Å². The summed E-state index contributed by atoms with van der Waals surface area (Å²) < 4.78 is 0. The van der Waals surface area contributed by atoms with E-state index in [1.807, 2.05) is 25.3 Å². The number of aliphatic hydroxyl groups is 1. The first-order valence-corrected chi connectivity index (χ1v) is 8.22. The number of thiophene rings is 1. The van der Waals surface area contributed by atoms with Crippen molar-refractivity contribution in [3.63, 3.8) is 0 Å². The van der Waals surface area contributed by atoms with E-state index in [9.17, 15) is 4.79 Å². The van der Waals surface area contributed by atoms with E-state index in [0.29, 0.717) is 11.3 Å². The van der Waals surface area contributed by atoms with Crippen LogP contribution < -0.4 is 5.32 Å². The Labute approximate surface area is 131 Å². The van der Waals surface area contributed by atoms with E-state index in [1.54, 1.807) is 17.4 Å². The molecule has 0 radical (unpaired) electrons. The summed E-state index contributed by atoms with van der Waals surface area (Å²) >= 11 is 2.89. The number of carbonyl (C=O) groups excluding carboxylic acids is 1. The van der Waals surface area contributed by atoms with Crippen molar-refractivity contribution in [3.8, 4) is 11.8 Å². The Morgan fingerprint density at radius 3 is 3.00 bits per heavy atom. The van der Waals surface area contributed by atoms with Crippen molar-refractivity contribution in [2.75, 3.05) is 6.61 Å². The van der Waals surface area contributed by atoms with Crippen LogP contribution in [0.25, 0.3) is 0 Å². The lowest BCUT2D eigenvalue weighted by Crippen LogP contribution is -2.25. The van der Waals surface area contributed by atoms with Gasteiger partial charge in [-0.2, -0.15) is 0 Å². The van der Waals surface area contributed by atoms with Crippen LogP contribution >= 0.6 is 22.7 Å². The highest BCUT2D eigenvalue weighted by Crippen LogP contribution is 2.20. The van der Waals surface area contributed by atoms with E-state index in [1.165, 1.54) is 11.3 Å². The Bertz CT molecular complexity index is 679. The number of nitrogens with zero attached hydrogens (tertiary/aromatic N) is 1. The number of hydrogen-bond donors (Lipinski definition) is 2. The summed E-state index contributed by atoms with van der Waals surface area (Å²) in [5.41, 5.74) is 0.966. The van der Waals surface area contributed by atoms with Crippen molar-refractivity contribution in [1.82, 2.24) is 10.3 Å². The molecule has 1 unspecified atom stereocenters. The molecule has 0 fully saturated rings. The Kier molecular flexibility index (Phi) is 5.51. The SMILES string of the molecule is Cc1csc(C(C)NC(=O)c2ccc(C#CCCO)s2)n1. The third-order valence-electron chi connectivity index (χ3n) is 2.63. The van der Waals surface area contributed by atoms with Crippen LogP contribution in [0, 0.1) is 18.8 Å².